The minimum Gasteiger partial charge on any atom is -0.454 e. The van der Waals surface area contributed by atoms with E-state index in [1.807, 2.05) is 6.07 Å². The van der Waals surface area contributed by atoms with E-state index in [9.17, 15) is 9.59 Å². The van der Waals surface area contributed by atoms with E-state index in [0.717, 1.165) is 12.8 Å². The molecule has 0 aromatic heterocycles. The lowest BCUT2D eigenvalue weighted by Crippen LogP contribution is -2.35. The van der Waals surface area contributed by atoms with Gasteiger partial charge in [0.1, 0.15) is 0 Å². The van der Waals surface area contributed by atoms with Gasteiger partial charge < -0.3 is 4.74 Å². The lowest BCUT2D eigenvalue weighted by atomic mass is 9.68. The monoisotopic (exact) mass is 302 g/mol. The van der Waals surface area contributed by atoms with E-state index in [1.54, 1.807) is 24.3 Å². The van der Waals surface area contributed by atoms with Gasteiger partial charge in [0.25, 0.3) is 0 Å². The minimum atomic E-state index is -0.418. The van der Waals surface area contributed by atoms with Crippen LogP contribution in [0, 0.1) is 23.7 Å². The average Bonchev–Trinajstić information content (AvgIpc) is 2.52. The summed E-state index contributed by atoms with van der Waals surface area (Å²) in [7, 11) is 0. The number of carbonyl (C=O) groups excluding carboxylic acids is 2. The van der Waals surface area contributed by atoms with Crippen LogP contribution in [0.15, 0.2) is 30.3 Å². The van der Waals surface area contributed by atoms with Gasteiger partial charge >= 0.3 is 5.97 Å². The van der Waals surface area contributed by atoms with Gasteiger partial charge in [-0.3, -0.25) is 4.79 Å². The van der Waals surface area contributed by atoms with E-state index in [0.29, 0.717) is 23.3 Å². The summed E-state index contributed by atoms with van der Waals surface area (Å²) in [5.74, 6) is 1.18. The third-order valence-electron chi connectivity index (χ3n) is 4.79. The zero-order valence-electron chi connectivity index (χ0n) is 13.7. The molecule has 120 valence electrons. The standard InChI is InChI=1S/C19H26O3/c1-13(2)16-10-9-14(3)11-17(16)18(20)12-22-19(21)15-7-5-4-6-8-15/h4-8,13-14,16-17H,9-12H2,1-3H3/t14-,16+,17-/m0/s1. The summed E-state index contributed by atoms with van der Waals surface area (Å²) < 4.78 is 5.22. The molecule has 3 atom stereocenters. The number of hydrogen-bond acceptors (Lipinski definition) is 3. The van der Waals surface area contributed by atoms with Gasteiger partial charge in [-0.25, -0.2) is 4.79 Å². The summed E-state index contributed by atoms with van der Waals surface area (Å²) in [5.41, 5.74) is 0.493. The molecule has 0 unspecified atom stereocenters. The van der Waals surface area contributed by atoms with Gasteiger partial charge in [-0.2, -0.15) is 0 Å². The minimum absolute atomic E-state index is 0.0346. The van der Waals surface area contributed by atoms with Crippen LogP contribution in [0.3, 0.4) is 0 Å². The maximum atomic E-state index is 12.5. The first-order valence-corrected chi connectivity index (χ1v) is 8.24. The van der Waals surface area contributed by atoms with E-state index in [1.165, 1.54) is 6.42 Å². The van der Waals surface area contributed by atoms with Crippen molar-refractivity contribution < 1.29 is 14.3 Å². The Morgan fingerprint density at radius 1 is 1.18 bits per heavy atom. The van der Waals surface area contributed by atoms with E-state index in [2.05, 4.69) is 20.8 Å². The van der Waals surface area contributed by atoms with Crippen molar-refractivity contribution in [1.29, 1.82) is 0 Å². The Labute approximate surface area is 133 Å². The first-order chi connectivity index (χ1) is 10.5. The molecule has 0 amide bonds. The van der Waals surface area contributed by atoms with Crippen molar-refractivity contribution in [2.75, 3.05) is 6.61 Å². The van der Waals surface area contributed by atoms with Crippen LogP contribution in [0.25, 0.3) is 0 Å². The van der Waals surface area contributed by atoms with Gasteiger partial charge in [-0.15, -0.1) is 0 Å². The number of ether oxygens (including phenoxy) is 1. The largest absolute Gasteiger partial charge is 0.454 e. The van der Waals surface area contributed by atoms with Gasteiger partial charge in [-0.05, 0) is 42.7 Å². The molecule has 1 aliphatic rings. The van der Waals surface area contributed by atoms with Crippen molar-refractivity contribution in [2.45, 2.75) is 40.0 Å². The molecule has 0 spiro atoms. The van der Waals surface area contributed by atoms with Crippen LogP contribution in [-0.4, -0.2) is 18.4 Å². The molecular formula is C19H26O3. The van der Waals surface area contributed by atoms with Crippen molar-refractivity contribution in [2.24, 2.45) is 23.7 Å². The summed E-state index contributed by atoms with van der Waals surface area (Å²) in [6, 6.07) is 8.82. The predicted octanol–water partition coefficient (Wildman–Crippen LogP) is 4.12. The summed E-state index contributed by atoms with van der Waals surface area (Å²) in [6.45, 7) is 6.45. The Kier molecular flexibility index (Phi) is 5.76. The molecule has 0 bridgehead atoms. The van der Waals surface area contributed by atoms with Crippen molar-refractivity contribution in [3.05, 3.63) is 35.9 Å². The molecule has 22 heavy (non-hydrogen) atoms. The number of ketones is 1. The molecule has 0 heterocycles. The van der Waals surface area contributed by atoms with Crippen LogP contribution >= 0.6 is 0 Å². The summed E-state index contributed by atoms with van der Waals surface area (Å²) in [4.78, 5) is 24.5. The van der Waals surface area contributed by atoms with Gasteiger partial charge in [0.05, 0.1) is 5.56 Å². The second kappa shape index (κ2) is 7.57. The SMILES string of the molecule is CC(C)[C@H]1CC[C@H](C)C[C@@H]1C(=O)COC(=O)c1ccccc1. The topological polar surface area (TPSA) is 43.4 Å². The number of Topliss-reactive ketones (excluding diaryl/α,β-unsaturated/α-hetero) is 1. The van der Waals surface area contributed by atoms with Crippen LogP contribution in [0.2, 0.25) is 0 Å². The molecule has 0 aliphatic heterocycles. The second-order valence-corrected chi connectivity index (χ2v) is 6.84. The van der Waals surface area contributed by atoms with Crippen molar-refractivity contribution >= 4 is 11.8 Å². The van der Waals surface area contributed by atoms with Crippen molar-refractivity contribution in [3.63, 3.8) is 0 Å². The van der Waals surface area contributed by atoms with Gasteiger partial charge in [0.2, 0.25) is 0 Å². The maximum absolute atomic E-state index is 12.5. The zero-order valence-corrected chi connectivity index (χ0v) is 13.7. The quantitative estimate of drug-likeness (QED) is 0.768. The lowest BCUT2D eigenvalue weighted by molar-refractivity contribution is -0.130. The molecule has 1 aromatic carbocycles. The number of esters is 1. The van der Waals surface area contributed by atoms with E-state index in [4.69, 9.17) is 4.74 Å². The molecule has 1 saturated carbocycles. The predicted molar refractivity (Wildman–Crippen MR) is 86.6 cm³/mol. The Morgan fingerprint density at radius 3 is 2.50 bits per heavy atom. The normalized spacial score (nSPS) is 25.0. The lowest BCUT2D eigenvalue weighted by Gasteiger charge is -2.36. The molecule has 1 fully saturated rings. The molecule has 3 heteroatoms. The maximum Gasteiger partial charge on any atom is 0.338 e. The summed E-state index contributed by atoms with van der Waals surface area (Å²) in [5, 5.41) is 0. The molecule has 1 aromatic rings. The Morgan fingerprint density at radius 2 is 1.86 bits per heavy atom. The van der Waals surface area contributed by atoms with Crippen LogP contribution in [-0.2, 0) is 9.53 Å². The van der Waals surface area contributed by atoms with Crippen LogP contribution < -0.4 is 0 Å². The fraction of sp³-hybridized carbons (Fsp3) is 0.579. The first-order valence-electron chi connectivity index (χ1n) is 8.24. The van der Waals surface area contributed by atoms with Crippen LogP contribution in [0.4, 0.5) is 0 Å². The summed E-state index contributed by atoms with van der Waals surface area (Å²) in [6.07, 6.45) is 3.21. The Bertz CT molecular complexity index is 507. The number of hydrogen-bond donors (Lipinski definition) is 0. The average molecular weight is 302 g/mol. The molecule has 0 saturated heterocycles. The number of rotatable bonds is 5. The van der Waals surface area contributed by atoms with Gasteiger partial charge in [0.15, 0.2) is 12.4 Å². The highest BCUT2D eigenvalue weighted by atomic mass is 16.5. The van der Waals surface area contributed by atoms with Crippen molar-refractivity contribution in [3.8, 4) is 0 Å². The molecule has 3 nitrogen and oxygen atoms in total. The number of carbonyl (C=O) groups is 2. The number of benzene rings is 1. The van der Waals surface area contributed by atoms with Crippen LogP contribution in [0.1, 0.15) is 50.4 Å². The Hall–Kier alpha value is -1.64. The smallest absolute Gasteiger partial charge is 0.338 e. The molecule has 1 aliphatic carbocycles. The van der Waals surface area contributed by atoms with E-state index >= 15 is 0 Å². The fourth-order valence-corrected chi connectivity index (χ4v) is 3.47. The third-order valence-corrected chi connectivity index (χ3v) is 4.79. The molecular weight excluding hydrogens is 276 g/mol. The zero-order chi connectivity index (χ0) is 16.1. The molecule has 0 radical (unpaired) electrons. The van der Waals surface area contributed by atoms with Crippen LogP contribution in [0.5, 0.6) is 0 Å². The highest BCUT2D eigenvalue weighted by molar-refractivity contribution is 5.92. The summed E-state index contributed by atoms with van der Waals surface area (Å²) >= 11 is 0. The fourth-order valence-electron chi connectivity index (χ4n) is 3.47. The first kappa shape index (κ1) is 16.7. The Balaban J connectivity index is 1.94. The van der Waals surface area contributed by atoms with Gasteiger partial charge in [-0.1, -0.05) is 45.4 Å². The highest BCUT2D eigenvalue weighted by Gasteiger charge is 2.35. The van der Waals surface area contributed by atoms with Gasteiger partial charge in [0, 0.05) is 5.92 Å². The second-order valence-electron chi connectivity index (χ2n) is 6.84. The van der Waals surface area contributed by atoms with E-state index in [-0.39, 0.29) is 18.3 Å². The van der Waals surface area contributed by atoms with E-state index < -0.39 is 5.97 Å². The molecule has 0 N–H and O–H groups in total. The highest BCUT2D eigenvalue weighted by Crippen LogP contribution is 2.38. The molecule has 2 rings (SSSR count). The third kappa shape index (κ3) is 4.19. The van der Waals surface area contributed by atoms with Crippen molar-refractivity contribution in [1.82, 2.24) is 0 Å².